The van der Waals surface area contributed by atoms with Gasteiger partial charge in [-0.15, -0.1) is 0 Å². The van der Waals surface area contributed by atoms with Gasteiger partial charge in [-0.3, -0.25) is 4.79 Å². The summed E-state index contributed by atoms with van der Waals surface area (Å²) in [4.78, 5) is 16.5. The van der Waals surface area contributed by atoms with Crippen LogP contribution in [0.2, 0.25) is 0 Å². The van der Waals surface area contributed by atoms with Crippen LogP contribution in [0.5, 0.6) is 5.75 Å². The van der Waals surface area contributed by atoms with Gasteiger partial charge in [-0.2, -0.15) is 0 Å². The highest BCUT2D eigenvalue weighted by atomic mass is 16.5. The van der Waals surface area contributed by atoms with Gasteiger partial charge >= 0.3 is 0 Å². The second-order valence-corrected chi connectivity index (χ2v) is 5.57. The number of carbonyl (C=O) groups excluding carboxylic acids is 1. The largest absolute Gasteiger partial charge is 0.497 e. The van der Waals surface area contributed by atoms with Crippen molar-refractivity contribution in [3.05, 3.63) is 36.2 Å². The lowest BCUT2D eigenvalue weighted by Gasteiger charge is -2.22. The van der Waals surface area contributed by atoms with Gasteiger partial charge in [0.15, 0.2) is 5.69 Å². The Labute approximate surface area is 129 Å². The third-order valence-electron chi connectivity index (χ3n) is 4.01. The lowest BCUT2D eigenvalue weighted by atomic mass is 9.95. The molecule has 1 heterocycles. The first-order valence-corrected chi connectivity index (χ1v) is 7.67. The molecule has 1 aliphatic carbocycles. The number of aromatic nitrogens is 1. The summed E-state index contributed by atoms with van der Waals surface area (Å²) < 4.78 is 10.5. The van der Waals surface area contributed by atoms with E-state index in [0.717, 1.165) is 24.2 Å². The number of oxazole rings is 1. The van der Waals surface area contributed by atoms with Crippen LogP contribution in [0.25, 0.3) is 11.5 Å². The average molecular weight is 300 g/mol. The second kappa shape index (κ2) is 6.64. The fourth-order valence-corrected chi connectivity index (χ4v) is 2.75. The van der Waals surface area contributed by atoms with Gasteiger partial charge in [0.25, 0.3) is 5.91 Å². The molecule has 2 aromatic rings. The predicted octanol–water partition coefficient (Wildman–Crippen LogP) is 3.41. The van der Waals surface area contributed by atoms with E-state index in [-0.39, 0.29) is 11.9 Å². The van der Waals surface area contributed by atoms with Gasteiger partial charge < -0.3 is 14.5 Å². The molecule has 0 spiro atoms. The molecule has 1 N–H and O–H groups in total. The van der Waals surface area contributed by atoms with Crippen LogP contribution in [0.15, 0.2) is 34.9 Å². The van der Waals surface area contributed by atoms with Crippen LogP contribution in [0.1, 0.15) is 42.6 Å². The molecule has 0 aliphatic heterocycles. The molecular formula is C17H20N2O3. The lowest BCUT2D eigenvalue weighted by Crippen LogP contribution is -2.36. The Morgan fingerprint density at radius 2 is 1.95 bits per heavy atom. The summed E-state index contributed by atoms with van der Waals surface area (Å²) in [5.41, 5.74) is 1.15. The Kier molecular flexibility index (Phi) is 4.42. The van der Waals surface area contributed by atoms with Crippen molar-refractivity contribution in [3.8, 4) is 17.2 Å². The van der Waals surface area contributed by atoms with Crippen LogP contribution in [0.4, 0.5) is 0 Å². The van der Waals surface area contributed by atoms with Crippen molar-refractivity contribution in [2.24, 2.45) is 0 Å². The van der Waals surface area contributed by atoms with Crippen molar-refractivity contribution in [1.82, 2.24) is 10.3 Å². The molecule has 5 heteroatoms. The van der Waals surface area contributed by atoms with Gasteiger partial charge in [0, 0.05) is 11.6 Å². The second-order valence-electron chi connectivity index (χ2n) is 5.57. The molecular weight excluding hydrogens is 280 g/mol. The van der Waals surface area contributed by atoms with Crippen molar-refractivity contribution in [2.45, 2.75) is 38.1 Å². The third-order valence-corrected chi connectivity index (χ3v) is 4.01. The minimum atomic E-state index is -0.157. The molecule has 1 amide bonds. The lowest BCUT2D eigenvalue weighted by molar-refractivity contribution is 0.0922. The number of benzene rings is 1. The summed E-state index contributed by atoms with van der Waals surface area (Å²) >= 11 is 0. The number of carbonyl (C=O) groups is 1. The zero-order chi connectivity index (χ0) is 15.4. The molecule has 1 aromatic heterocycles. The molecule has 5 nitrogen and oxygen atoms in total. The van der Waals surface area contributed by atoms with Crippen LogP contribution < -0.4 is 10.1 Å². The summed E-state index contributed by atoms with van der Waals surface area (Å²) in [6.07, 6.45) is 7.14. The standard InChI is InChI=1S/C17H20N2O3/c1-21-14-9-7-12(8-10-14)17-19-15(11-22-17)16(20)18-13-5-3-2-4-6-13/h7-11,13H,2-6H2,1H3,(H,18,20). The highest BCUT2D eigenvalue weighted by Gasteiger charge is 2.19. The van der Waals surface area contributed by atoms with Gasteiger partial charge in [-0.1, -0.05) is 19.3 Å². The van der Waals surface area contributed by atoms with E-state index in [2.05, 4.69) is 10.3 Å². The Balaban J connectivity index is 1.68. The molecule has 1 fully saturated rings. The highest BCUT2D eigenvalue weighted by molar-refractivity contribution is 5.92. The topological polar surface area (TPSA) is 64.4 Å². The maximum absolute atomic E-state index is 12.2. The summed E-state index contributed by atoms with van der Waals surface area (Å²) in [5.74, 6) is 1.05. The molecule has 22 heavy (non-hydrogen) atoms. The third kappa shape index (κ3) is 3.30. The first-order valence-electron chi connectivity index (χ1n) is 7.67. The number of amides is 1. The normalized spacial score (nSPS) is 15.5. The fraction of sp³-hybridized carbons (Fsp3) is 0.412. The Morgan fingerprint density at radius 3 is 2.64 bits per heavy atom. The summed E-state index contributed by atoms with van der Waals surface area (Å²) in [6, 6.07) is 7.64. The van der Waals surface area contributed by atoms with E-state index in [1.165, 1.54) is 25.5 Å². The van der Waals surface area contributed by atoms with E-state index in [1.807, 2.05) is 24.3 Å². The molecule has 116 valence electrons. The van der Waals surface area contributed by atoms with Crippen LogP contribution >= 0.6 is 0 Å². The molecule has 1 saturated carbocycles. The molecule has 1 aliphatic rings. The summed E-state index contributed by atoms with van der Waals surface area (Å²) in [5, 5.41) is 3.04. The van der Waals surface area contributed by atoms with Crippen LogP contribution in [0, 0.1) is 0 Å². The van der Waals surface area contributed by atoms with E-state index in [4.69, 9.17) is 9.15 Å². The van der Waals surface area contributed by atoms with E-state index < -0.39 is 0 Å². The molecule has 0 bridgehead atoms. The number of ether oxygens (including phenoxy) is 1. The SMILES string of the molecule is COc1ccc(-c2nc(C(=O)NC3CCCCC3)co2)cc1. The zero-order valence-electron chi connectivity index (χ0n) is 12.7. The first-order chi connectivity index (χ1) is 10.8. The smallest absolute Gasteiger partial charge is 0.273 e. The average Bonchev–Trinajstić information content (AvgIpc) is 3.06. The zero-order valence-corrected chi connectivity index (χ0v) is 12.7. The van der Waals surface area contributed by atoms with Gasteiger partial charge in [-0.25, -0.2) is 4.98 Å². The molecule has 0 saturated heterocycles. The number of rotatable bonds is 4. The summed E-state index contributed by atoms with van der Waals surface area (Å²) in [7, 11) is 1.62. The van der Waals surface area contributed by atoms with Crippen LogP contribution in [-0.4, -0.2) is 24.0 Å². The number of nitrogens with zero attached hydrogens (tertiary/aromatic N) is 1. The minimum Gasteiger partial charge on any atom is -0.497 e. The Morgan fingerprint density at radius 1 is 1.23 bits per heavy atom. The van der Waals surface area contributed by atoms with E-state index >= 15 is 0 Å². The van der Waals surface area contributed by atoms with Gasteiger partial charge in [0.2, 0.25) is 5.89 Å². The van der Waals surface area contributed by atoms with Crippen molar-refractivity contribution in [3.63, 3.8) is 0 Å². The fourth-order valence-electron chi connectivity index (χ4n) is 2.75. The van der Waals surface area contributed by atoms with E-state index in [1.54, 1.807) is 7.11 Å². The number of hydrogen-bond acceptors (Lipinski definition) is 4. The summed E-state index contributed by atoms with van der Waals surface area (Å²) in [6.45, 7) is 0. The highest BCUT2D eigenvalue weighted by Crippen LogP contribution is 2.22. The molecule has 0 radical (unpaired) electrons. The number of hydrogen-bond donors (Lipinski definition) is 1. The molecule has 3 rings (SSSR count). The number of nitrogens with one attached hydrogen (secondary N) is 1. The van der Waals surface area contributed by atoms with Gasteiger partial charge in [0.1, 0.15) is 12.0 Å². The molecule has 0 atom stereocenters. The maximum atomic E-state index is 12.2. The van der Waals surface area contributed by atoms with Gasteiger partial charge in [0.05, 0.1) is 7.11 Å². The molecule has 0 unspecified atom stereocenters. The maximum Gasteiger partial charge on any atom is 0.273 e. The minimum absolute atomic E-state index is 0.157. The Hall–Kier alpha value is -2.30. The quantitative estimate of drug-likeness (QED) is 0.939. The Bertz CT molecular complexity index is 628. The van der Waals surface area contributed by atoms with Crippen LogP contribution in [-0.2, 0) is 0 Å². The monoisotopic (exact) mass is 300 g/mol. The van der Waals surface area contributed by atoms with Crippen molar-refractivity contribution in [1.29, 1.82) is 0 Å². The van der Waals surface area contributed by atoms with Gasteiger partial charge in [-0.05, 0) is 37.1 Å². The molecule has 1 aromatic carbocycles. The van der Waals surface area contributed by atoms with Crippen molar-refractivity contribution in [2.75, 3.05) is 7.11 Å². The van der Waals surface area contributed by atoms with Crippen molar-refractivity contribution < 1.29 is 13.9 Å². The first kappa shape index (κ1) is 14.6. The van der Waals surface area contributed by atoms with Crippen LogP contribution in [0.3, 0.4) is 0 Å². The predicted molar refractivity (Wildman–Crippen MR) is 82.8 cm³/mol. The number of methoxy groups -OCH3 is 1. The van der Waals surface area contributed by atoms with E-state index in [9.17, 15) is 4.79 Å². The van der Waals surface area contributed by atoms with Crippen molar-refractivity contribution >= 4 is 5.91 Å². The van der Waals surface area contributed by atoms with E-state index in [0.29, 0.717) is 11.6 Å².